The van der Waals surface area contributed by atoms with Crippen molar-refractivity contribution in [1.82, 2.24) is 4.90 Å². The standard InChI is InChI=1S/C15H20BrNO2/c1-11-9-18-13(6-16)8-17(11)7-12-10-19-15-5-3-2-4-14(12)15/h2-5,11-13H,6-10H2,1H3. The maximum absolute atomic E-state index is 5.78. The highest BCUT2D eigenvalue weighted by molar-refractivity contribution is 9.09. The molecule has 3 rings (SSSR count). The number of halogens is 1. The minimum Gasteiger partial charge on any atom is -0.493 e. The van der Waals surface area contributed by atoms with E-state index in [2.05, 4.69) is 46.0 Å². The van der Waals surface area contributed by atoms with Crippen molar-refractivity contribution in [3.8, 4) is 5.75 Å². The molecule has 2 aliphatic heterocycles. The molecular formula is C15H20BrNO2. The van der Waals surface area contributed by atoms with Gasteiger partial charge in [-0.2, -0.15) is 0 Å². The summed E-state index contributed by atoms with van der Waals surface area (Å²) < 4.78 is 11.6. The molecule has 3 unspecified atom stereocenters. The number of morpholine rings is 1. The van der Waals surface area contributed by atoms with Crippen LogP contribution in [-0.4, -0.2) is 48.7 Å². The van der Waals surface area contributed by atoms with E-state index in [0.717, 1.165) is 37.4 Å². The number of rotatable bonds is 3. The molecule has 3 nitrogen and oxygen atoms in total. The van der Waals surface area contributed by atoms with Gasteiger partial charge >= 0.3 is 0 Å². The van der Waals surface area contributed by atoms with Crippen molar-refractivity contribution in [1.29, 1.82) is 0 Å². The van der Waals surface area contributed by atoms with Gasteiger partial charge < -0.3 is 9.47 Å². The lowest BCUT2D eigenvalue weighted by atomic mass is 9.99. The van der Waals surface area contributed by atoms with Crippen LogP contribution in [0.15, 0.2) is 24.3 Å². The predicted molar refractivity (Wildman–Crippen MR) is 79.2 cm³/mol. The minimum atomic E-state index is 0.314. The van der Waals surface area contributed by atoms with Gasteiger partial charge in [-0.05, 0) is 13.0 Å². The monoisotopic (exact) mass is 325 g/mol. The molecule has 0 saturated carbocycles. The predicted octanol–water partition coefficient (Wildman–Crippen LogP) is 2.65. The van der Waals surface area contributed by atoms with Crippen molar-refractivity contribution in [3.05, 3.63) is 29.8 Å². The zero-order valence-corrected chi connectivity index (χ0v) is 12.8. The Kier molecular flexibility index (Phi) is 4.10. The van der Waals surface area contributed by atoms with Crippen LogP contribution in [0.2, 0.25) is 0 Å². The molecule has 0 amide bonds. The van der Waals surface area contributed by atoms with E-state index in [1.165, 1.54) is 5.56 Å². The van der Waals surface area contributed by atoms with Gasteiger partial charge in [0.1, 0.15) is 5.75 Å². The molecular weight excluding hydrogens is 306 g/mol. The Morgan fingerprint density at radius 2 is 2.16 bits per heavy atom. The van der Waals surface area contributed by atoms with Gasteiger partial charge in [0.15, 0.2) is 0 Å². The maximum atomic E-state index is 5.78. The van der Waals surface area contributed by atoms with Gasteiger partial charge in [0.2, 0.25) is 0 Å². The van der Waals surface area contributed by atoms with Gasteiger partial charge in [0, 0.05) is 35.9 Å². The summed E-state index contributed by atoms with van der Waals surface area (Å²) in [5.41, 5.74) is 1.36. The largest absolute Gasteiger partial charge is 0.493 e. The third-order valence-electron chi connectivity index (χ3n) is 4.06. The highest BCUT2D eigenvalue weighted by Gasteiger charge is 2.31. The zero-order valence-electron chi connectivity index (χ0n) is 11.2. The van der Waals surface area contributed by atoms with Crippen LogP contribution < -0.4 is 4.74 Å². The topological polar surface area (TPSA) is 21.7 Å². The van der Waals surface area contributed by atoms with Crippen molar-refractivity contribution < 1.29 is 9.47 Å². The lowest BCUT2D eigenvalue weighted by Gasteiger charge is -2.38. The van der Waals surface area contributed by atoms with Crippen molar-refractivity contribution in [2.24, 2.45) is 0 Å². The summed E-state index contributed by atoms with van der Waals surface area (Å²) in [5, 5.41) is 0.911. The second-order valence-electron chi connectivity index (χ2n) is 5.46. The summed E-state index contributed by atoms with van der Waals surface area (Å²) in [4.78, 5) is 2.53. The second-order valence-corrected chi connectivity index (χ2v) is 6.11. The van der Waals surface area contributed by atoms with E-state index in [-0.39, 0.29) is 0 Å². The van der Waals surface area contributed by atoms with Crippen LogP contribution in [0.4, 0.5) is 0 Å². The van der Waals surface area contributed by atoms with Crippen molar-refractivity contribution >= 4 is 15.9 Å². The third kappa shape index (κ3) is 2.81. The molecule has 1 fully saturated rings. The molecule has 0 aliphatic carbocycles. The first-order valence-corrected chi connectivity index (χ1v) is 8.03. The number of hydrogen-bond donors (Lipinski definition) is 0. The van der Waals surface area contributed by atoms with E-state index in [1.807, 2.05) is 6.07 Å². The van der Waals surface area contributed by atoms with Crippen LogP contribution in [0.25, 0.3) is 0 Å². The molecule has 1 aromatic rings. The molecule has 0 spiro atoms. The normalized spacial score (nSPS) is 30.9. The Morgan fingerprint density at radius 1 is 1.32 bits per heavy atom. The van der Waals surface area contributed by atoms with Gasteiger partial charge in [-0.3, -0.25) is 4.90 Å². The summed E-state index contributed by atoms with van der Waals surface area (Å²) >= 11 is 3.52. The highest BCUT2D eigenvalue weighted by Crippen LogP contribution is 2.34. The van der Waals surface area contributed by atoms with Gasteiger partial charge in [0.25, 0.3) is 0 Å². The Balaban J connectivity index is 1.68. The van der Waals surface area contributed by atoms with E-state index in [9.17, 15) is 0 Å². The average molecular weight is 326 g/mol. The summed E-state index contributed by atoms with van der Waals surface area (Å²) in [7, 11) is 0. The second kappa shape index (κ2) is 5.81. The molecule has 0 bridgehead atoms. The van der Waals surface area contributed by atoms with Crippen LogP contribution in [0.3, 0.4) is 0 Å². The summed E-state index contributed by atoms with van der Waals surface area (Å²) in [6.45, 7) is 5.94. The van der Waals surface area contributed by atoms with Crippen LogP contribution in [0, 0.1) is 0 Å². The van der Waals surface area contributed by atoms with Gasteiger partial charge in [0.05, 0.1) is 19.3 Å². The summed E-state index contributed by atoms with van der Waals surface area (Å²) in [6.07, 6.45) is 0.314. The number of para-hydroxylation sites is 1. The fourth-order valence-corrected chi connectivity index (χ4v) is 3.28. The average Bonchev–Trinajstić information content (AvgIpc) is 2.85. The Labute approximate surface area is 123 Å². The first kappa shape index (κ1) is 13.4. The minimum absolute atomic E-state index is 0.314. The number of ether oxygens (including phenoxy) is 2. The number of nitrogens with zero attached hydrogens (tertiary/aromatic N) is 1. The van der Waals surface area contributed by atoms with Crippen LogP contribution in [0.1, 0.15) is 18.4 Å². The first-order valence-electron chi connectivity index (χ1n) is 6.91. The maximum Gasteiger partial charge on any atom is 0.122 e. The lowest BCUT2D eigenvalue weighted by molar-refractivity contribution is -0.0489. The summed E-state index contributed by atoms with van der Waals surface area (Å²) in [6, 6.07) is 8.90. The van der Waals surface area contributed by atoms with Crippen LogP contribution in [-0.2, 0) is 4.74 Å². The van der Waals surface area contributed by atoms with E-state index in [0.29, 0.717) is 18.1 Å². The SMILES string of the molecule is CC1COC(CBr)CN1CC1COc2ccccc21. The zero-order chi connectivity index (χ0) is 13.2. The molecule has 0 N–H and O–H groups in total. The van der Waals surface area contributed by atoms with Crippen LogP contribution >= 0.6 is 15.9 Å². The van der Waals surface area contributed by atoms with Crippen molar-refractivity contribution in [3.63, 3.8) is 0 Å². The van der Waals surface area contributed by atoms with E-state index in [4.69, 9.17) is 9.47 Å². The molecule has 2 aliphatic rings. The molecule has 1 saturated heterocycles. The molecule has 2 heterocycles. The molecule has 0 aromatic heterocycles. The van der Waals surface area contributed by atoms with E-state index < -0.39 is 0 Å². The Hall–Kier alpha value is -0.580. The number of benzene rings is 1. The smallest absolute Gasteiger partial charge is 0.122 e. The van der Waals surface area contributed by atoms with Crippen molar-refractivity contribution in [2.45, 2.75) is 25.0 Å². The Bertz CT molecular complexity index is 440. The molecule has 1 aromatic carbocycles. The lowest BCUT2D eigenvalue weighted by Crippen LogP contribution is -2.50. The van der Waals surface area contributed by atoms with E-state index >= 15 is 0 Å². The molecule has 4 heteroatoms. The third-order valence-corrected chi connectivity index (χ3v) is 4.78. The van der Waals surface area contributed by atoms with Gasteiger partial charge in [-0.1, -0.05) is 34.1 Å². The number of alkyl halides is 1. The Morgan fingerprint density at radius 3 is 3.00 bits per heavy atom. The number of fused-ring (bicyclic) bond motifs is 1. The van der Waals surface area contributed by atoms with Crippen molar-refractivity contribution in [2.75, 3.05) is 31.6 Å². The molecule has 19 heavy (non-hydrogen) atoms. The highest BCUT2D eigenvalue weighted by atomic mass is 79.9. The quantitative estimate of drug-likeness (QED) is 0.797. The van der Waals surface area contributed by atoms with Gasteiger partial charge in [-0.25, -0.2) is 0 Å². The van der Waals surface area contributed by atoms with E-state index in [1.54, 1.807) is 0 Å². The fourth-order valence-electron chi connectivity index (χ4n) is 2.89. The van der Waals surface area contributed by atoms with Gasteiger partial charge in [-0.15, -0.1) is 0 Å². The molecule has 104 valence electrons. The fraction of sp³-hybridized carbons (Fsp3) is 0.600. The van der Waals surface area contributed by atoms with Crippen LogP contribution in [0.5, 0.6) is 5.75 Å². The molecule has 0 radical (unpaired) electrons. The number of hydrogen-bond acceptors (Lipinski definition) is 3. The molecule has 3 atom stereocenters. The summed E-state index contributed by atoms with van der Waals surface area (Å²) in [5.74, 6) is 1.55. The first-order chi connectivity index (χ1) is 9.28.